The van der Waals surface area contributed by atoms with Crippen LogP contribution in [0.4, 0.5) is 0 Å². The van der Waals surface area contributed by atoms with Crippen molar-refractivity contribution in [1.29, 1.82) is 0 Å². The second-order valence-electron chi connectivity index (χ2n) is 4.81. The van der Waals surface area contributed by atoms with Crippen molar-refractivity contribution in [3.8, 4) is 11.5 Å². The van der Waals surface area contributed by atoms with Crippen LogP contribution in [0.1, 0.15) is 11.1 Å². The minimum Gasteiger partial charge on any atom is -0.489 e. The molecule has 0 radical (unpaired) electrons. The molecule has 2 aromatic carbocycles. The van der Waals surface area contributed by atoms with E-state index in [0.717, 1.165) is 17.1 Å². The Balaban J connectivity index is 1.92. The van der Waals surface area contributed by atoms with Gasteiger partial charge in [-0.3, -0.25) is 0 Å². The van der Waals surface area contributed by atoms with Crippen molar-refractivity contribution in [2.24, 2.45) is 0 Å². The summed E-state index contributed by atoms with van der Waals surface area (Å²) in [4.78, 5) is 0. The summed E-state index contributed by atoms with van der Waals surface area (Å²) in [5, 5.41) is 9.38. The highest BCUT2D eigenvalue weighted by atomic mass is 16.5. The number of aliphatic hydroxyl groups is 1. The normalized spacial score (nSPS) is 11.9. The van der Waals surface area contributed by atoms with Crippen LogP contribution in [0.25, 0.3) is 0 Å². The molecule has 0 heterocycles. The molecule has 0 amide bonds. The summed E-state index contributed by atoms with van der Waals surface area (Å²) < 4.78 is 11.4. The number of benzene rings is 2. The van der Waals surface area contributed by atoms with Crippen LogP contribution in [-0.4, -0.2) is 24.4 Å². The van der Waals surface area contributed by atoms with E-state index in [4.69, 9.17) is 9.47 Å². The number of para-hydroxylation sites is 1. The summed E-state index contributed by atoms with van der Waals surface area (Å²) in [5.74, 6) is 1.56. The van der Waals surface area contributed by atoms with Crippen molar-refractivity contribution in [3.63, 3.8) is 0 Å². The molecule has 0 aromatic heterocycles. The minimum absolute atomic E-state index is 0.0836. The van der Waals surface area contributed by atoms with E-state index in [1.54, 1.807) is 0 Å². The molecule has 2 aromatic rings. The van der Waals surface area contributed by atoms with Gasteiger partial charge < -0.3 is 14.6 Å². The van der Waals surface area contributed by atoms with Crippen LogP contribution in [0.2, 0.25) is 0 Å². The van der Waals surface area contributed by atoms with Gasteiger partial charge in [0, 0.05) is 0 Å². The summed E-state index contributed by atoms with van der Waals surface area (Å²) in [6.07, 6.45) is -0.377. The van der Waals surface area contributed by atoms with Gasteiger partial charge in [0.25, 0.3) is 0 Å². The smallest absolute Gasteiger partial charge is 0.155 e. The Morgan fingerprint density at radius 2 is 1.70 bits per heavy atom. The van der Waals surface area contributed by atoms with Crippen LogP contribution < -0.4 is 9.47 Å². The zero-order valence-electron chi connectivity index (χ0n) is 11.9. The van der Waals surface area contributed by atoms with Gasteiger partial charge in [0.1, 0.15) is 18.1 Å². The van der Waals surface area contributed by atoms with E-state index in [9.17, 15) is 5.11 Å². The van der Waals surface area contributed by atoms with E-state index >= 15 is 0 Å². The van der Waals surface area contributed by atoms with Gasteiger partial charge in [-0.05, 0) is 37.6 Å². The van der Waals surface area contributed by atoms with E-state index in [1.165, 1.54) is 5.56 Å². The maximum absolute atomic E-state index is 9.38. The van der Waals surface area contributed by atoms with E-state index in [-0.39, 0.29) is 12.7 Å². The highest BCUT2D eigenvalue weighted by Crippen LogP contribution is 2.18. The van der Waals surface area contributed by atoms with Gasteiger partial charge in [-0.15, -0.1) is 0 Å². The SMILES string of the molecule is Cc1ccc(OC(CO)COc2ccccc2C)cc1. The zero-order chi connectivity index (χ0) is 14.4. The molecule has 0 aliphatic heterocycles. The van der Waals surface area contributed by atoms with Crippen molar-refractivity contribution in [1.82, 2.24) is 0 Å². The molecule has 2 rings (SSSR count). The Kier molecular flexibility index (Phi) is 5.02. The summed E-state index contributed by atoms with van der Waals surface area (Å²) in [5.41, 5.74) is 2.24. The Hall–Kier alpha value is -2.00. The second kappa shape index (κ2) is 6.96. The third-order valence-electron chi connectivity index (χ3n) is 3.05. The Bertz CT molecular complexity index is 534. The Morgan fingerprint density at radius 3 is 2.35 bits per heavy atom. The lowest BCUT2D eigenvalue weighted by Gasteiger charge is -2.18. The predicted octanol–water partition coefficient (Wildman–Crippen LogP) is 3.12. The average Bonchev–Trinajstić information content (AvgIpc) is 2.47. The van der Waals surface area contributed by atoms with Crippen molar-refractivity contribution < 1.29 is 14.6 Å². The second-order valence-corrected chi connectivity index (χ2v) is 4.81. The highest BCUT2D eigenvalue weighted by molar-refractivity contribution is 5.31. The lowest BCUT2D eigenvalue weighted by atomic mass is 10.2. The largest absolute Gasteiger partial charge is 0.489 e. The third kappa shape index (κ3) is 4.00. The van der Waals surface area contributed by atoms with Crippen LogP contribution in [-0.2, 0) is 0 Å². The van der Waals surface area contributed by atoms with Crippen LogP contribution in [0.5, 0.6) is 11.5 Å². The summed E-state index contributed by atoms with van der Waals surface area (Å²) in [7, 11) is 0. The van der Waals surface area contributed by atoms with E-state index in [1.807, 2.05) is 62.4 Å². The first-order chi connectivity index (χ1) is 9.69. The zero-order valence-corrected chi connectivity index (χ0v) is 11.9. The van der Waals surface area contributed by atoms with Gasteiger partial charge in [0.15, 0.2) is 6.10 Å². The first kappa shape index (κ1) is 14.4. The lowest BCUT2D eigenvalue weighted by Crippen LogP contribution is -2.28. The molecular formula is C17H20O3. The van der Waals surface area contributed by atoms with Gasteiger partial charge in [-0.25, -0.2) is 0 Å². The number of aryl methyl sites for hydroxylation is 2. The molecule has 1 unspecified atom stereocenters. The third-order valence-corrected chi connectivity index (χ3v) is 3.05. The molecule has 0 aliphatic carbocycles. The molecule has 20 heavy (non-hydrogen) atoms. The molecule has 0 aliphatic rings. The first-order valence-corrected chi connectivity index (χ1v) is 6.71. The molecule has 0 spiro atoms. The molecule has 3 heteroatoms. The number of rotatable bonds is 6. The number of hydrogen-bond acceptors (Lipinski definition) is 3. The van der Waals surface area contributed by atoms with Crippen LogP contribution in [0.3, 0.4) is 0 Å². The van der Waals surface area contributed by atoms with Gasteiger partial charge in [-0.2, -0.15) is 0 Å². The van der Waals surface area contributed by atoms with Gasteiger partial charge in [0.05, 0.1) is 6.61 Å². The minimum atomic E-state index is -0.377. The van der Waals surface area contributed by atoms with E-state index in [0.29, 0.717) is 6.61 Å². The van der Waals surface area contributed by atoms with Crippen molar-refractivity contribution >= 4 is 0 Å². The van der Waals surface area contributed by atoms with Crippen LogP contribution in [0.15, 0.2) is 48.5 Å². The van der Waals surface area contributed by atoms with Gasteiger partial charge >= 0.3 is 0 Å². The van der Waals surface area contributed by atoms with Gasteiger partial charge in [0.2, 0.25) is 0 Å². The molecule has 1 atom stereocenters. The fraction of sp³-hybridized carbons (Fsp3) is 0.294. The molecule has 0 bridgehead atoms. The summed E-state index contributed by atoms with van der Waals surface area (Å²) >= 11 is 0. The Morgan fingerprint density at radius 1 is 1.00 bits per heavy atom. The number of aliphatic hydroxyl groups excluding tert-OH is 1. The van der Waals surface area contributed by atoms with Crippen LogP contribution >= 0.6 is 0 Å². The monoisotopic (exact) mass is 272 g/mol. The topological polar surface area (TPSA) is 38.7 Å². The standard InChI is InChI=1S/C17H20O3/c1-13-7-9-15(10-8-13)20-16(11-18)12-19-17-6-4-3-5-14(17)2/h3-10,16,18H,11-12H2,1-2H3. The Labute approximate surface area is 119 Å². The highest BCUT2D eigenvalue weighted by Gasteiger charge is 2.11. The van der Waals surface area contributed by atoms with Gasteiger partial charge in [-0.1, -0.05) is 35.9 Å². The molecule has 1 N–H and O–H groups in total. The maximum atomic E-state index is 9.38. The lowest BCUT2D eigenvalue weighted by molar-refractivity contribution is 0.0716. The van der Waals surface area contributed by atoms with E-state index in [2.05, 4.69) is 0 Å². The molecule has 0 saturated carbocycles. The van der Waals surface area contributed by atoms with Crippen molar-refractivity contribution in [2.45, 2.75) is 20.0 Å². The summed E-state index contributed by atoms with van der Waals surface area (Å²) in [6, 6.07) is 15.5. The number of hydrogen-bond donors (Lipinski definition) is 1. The first-order valence-electron chi connectivity index (χ1n) is 6.71. The fourth-order valence-electron chi connectivity index (χ4n) is 1.83. The molecule has 0 saturated heterocycles. The molecular weight excluding hydrogens is 252 g/mol. The van der Waals surface area contributed by atoms with Crippen LogP contribution in [0, 0.1) is 13.8 Å². The summed E-state index contributed by atoms with van der Waals surface area (Å²) in [6.45, 7) is 4.24. The quantitative estimate of drug-likeness (QED) is 0.878. The molecule has 106 valence electrons. The van der Waals surface area contributed by atoms with Crippen molar-refractivity contribution in [3.05, 3.63) is 59.7 Å². The predicted molar refractivity (Wildman–Crippen MR) is 79.4 cm³/mol. The van der Waals surface area contributed by atoms with E-state index < -0.39 is 0 Å². The fourth-order valence-corrected chi connectivity index (χ4v) is 1.83. The average molecular weight is 272 g/mol. The number of ether oxygens (including phenoxy) is 2. The molecule has 3 nitrogen and oxygen atoms in total. The van der Waals surface area contributed by atoms with Crippen molar-refractivity contribution in [2.75, 3.05) is 13.2 Å². The molecule has 0 fully saturated rings. The maximum Gasteiger partial charge on any atom is 0.155 e.